The van der Waals surface area contributed by atoms with E-state index in [9.17, 15) is 23.1 Å². The molecule has 36 heavy (non-hydrogen) atoms. The second kappa shape index (κ2) is 10.9. The Kier molecular flexibility index (Phi) is 8.11. The quantitative estimate of drug-likeness (QED) is 0.359. The molecule has 3 rings (SSSR count). The monoisotopic (exact) mass is 507 g/mol. The maximum atomic E-state index is 12.5. The smallest absolute Gasteiger partial charge is 0.478 e. The van der Waals surface area contributed by atoms with E-state index in [2.05, 4.69) is 14.9 Å². The maximum Gasteiger partial charge on any atom is 0.573 e. The van der Waals surface area contributed by atoms with Crippen molar-refractivity contribution in [2.45, 2.75) is 58.5 Å². The van der Waals surface area contributed by atoms with E-state index in [4.69, 9.17) is 9.26 Å². The molecule has 0 aliphatic carbocycles. The molecular weight excluding hydrogens is 479 g/mol. The number of carbonyl (C=O) groups is 1. The predicted octanol–water partition coefficient (Wildman–Crippen LogP) is 5.58. The Bertz CT molecular complexity index is 1140. The minimum Gasteiger partial charge on any atom is -0.478 e. The van der Waals surface area contributed by atoms with Crippen molar-refractivity contribution in [1.82, 2.24) is 10.1 Å². The largest absolute Gasteiger partial charge is 0.573 e. The van der Waals surface area contributed by atoms with Crippen LogP contribution < -0.4 is 14.4 Å². The molecule has 0 atom stereocenters. The van der Waals surface area contributed by atoms with Gasteiger partial charge < -0.3 is 24.0 Å². The third kappa shape index (κ3) is 7.62. The zero-order chi connectivity index (χ0) is 26.5. The van der Waals surface area contributed by atoms with Gasteiger partial charge in [-0.3, -0.25) is 0 Å². The number of alkyl halides is 3. The SMILES string of the molecule is CC(C)c1nc(N(CCc2ccc(OC(C)(C)C(=O)O)cc2)Cc2ccc(OC(F)(F)F)cc2)no1. The van der Waals surface area contributed by atoms with Crippen LogP contribution in [-0.2, 0) is 17.8 Å². The Morgan fingerprint density at radius 1 is 1.00 bits per heavy atom. The Hall–Kier alpha value is -3.76. The normalized spacial score (nSPS) is 12.0. The molecule has 1 N–H and O–H groups in total. The van der Waals surface area contributed by atoms with E-state index in [1.54, 1.807) is 24.3 Å². The minimum atomic E-state index is -4.75. The summed E-state index contributed by atoms with van der Waals surface area (Å²) in [6.45, 7) is 7.61. The van der Waals surface area contributed by atoms with Crippen LogP contribution in [0.25, 0.3) is 0 Å². The molecule has 194 valence electrons. The molecule has 0 fully saturated rings. The van der Waals surface area contributed by atoms with Crippen LogP contribution >= 0.6 is 0 Å². The molecule has 11 heteroatoms. The summed E-state index contributed by atoms with van der Waals surface area (Å²) in [5.41, 5.74) is 0.341. The van der Waals surface area contributed by atoms with E-state index in [1.165, 1.54) is 26.0 Å². The summed E-state index contributed by atoms with van der Waals surface area (Å²) in [5.74, 6) is -0.0451. The number of halogens is 3. The van der Waals surface area contributed by atoms with Crippen molar-refractivity contribution in [2.75, 3.05) is 11.4 Å². The van der Waals surface area contributed by atoms with Crippen LogP contribution in [0.15, 0.2) is 53.1 Å². The number of anilines is 1. The van der Waals surface area contributed by atoms with Crippen molar-refractivity contribution in [1.29, 1.82) is 0 Å². The lowest BCUT2D eigenvalue weighted by Gasteiger charge is -2.22. The fourth-order valence-electron chi connectivity index (χ4n) is 3.18. The van der Waals surface area contributed by atoms with Crippen LogP contribution in [0.3, 0.4) is 0 Å². The lowest BCUT2D eigenvalue weighted by atomic mass is 10.1. The summed E-state index contributed by atoms with van der Waals surface area (Å²) in [7, 11) is 0. The summed E-state index contributed by atoms with van der Waals surface area (Å²) < 4.78 is 52.2. The third-order valence-electron chi connectivity index (χ3n) is 5.22. The highest BCUT2D eigenvalue weighted by Gasteiger charge is 2.31. The number of aromatic nitrogens is 2. The van der Waals surface area contributed by atoms with Crippen LogP contribution in [0, 0.1) is 0 Å². The zero-order valence-corrected chi connectivity index (χ0v) is 20.4. The average molecular weight is 508 g/mol. The number of benzene rings is 2. The molecule has 8 nitrogen and oxygen atoms in total. The average Bonchev–Trinajstić information content (AvgIpc) is 3.28. The Morgan fingerprint density at radius 2 is 1.56 bits per heavy atom. The molecule has 0 bridgehead atoms. The topological polar surface area (TPSA) is 97.9 Å². The van der Waals surface area contributed by atoms with E-state index in [0.717, 1.165) is 11.1 Å². The molecule has 0 unspecified atom stereocenters. The number of carboxylic acid groups (broad SMARTS) is 1. The van der Waals surface area contributed by atoms with Gasteiger partial charge in [0.05, 0.1) is 0 Å². The van der Waals surface area contributed by atoms with Crippen molar-refractivity contribution in [2.24, 2.45) is 0 Å². The van der Waals surface area contributed by atoms with Crippen molar-refractivity contribution >= 4 is 11.9 Å². The van der Waals surface area contributed by atoms with E-state index in [0.29, 0.717) is 37.1 Å². The number of nitrogens with zero attached hydrogens (tertiary/aromatic N) is 3. The van der Waals surface area contributed by atoms with Crippen molar-refractivity contribution < 1.29 is 37.1 Å². The number of ether oxygens (including phenoxy) is 2. The first-order chi connectivity index (χ1) is 16.8. The highest BCUT2D eigenvalue weighted by Crippen LogP contribution is 2.25. The fourth-order valence-corrected chi connectivity index (χ4v) is 3.18. The first-order valence-corrected chi connectivity index (χ1v) is 11.3. The van der Waals surface area contributed by atoms with Gasteiger partial charge in [-0.1, -0.05) is 38.1 Å². The first kappa shape index (κ1) is 26.8. The number of hydrogen-bond donors (Lipinski definition) is 1. The summed E-state index contributed by atoms with van der Waals surface area (Å²) in [6, 6.07) is 12.7. The molecule has 1 aromatic heterocycles. The van der Waals surface area contributed by atoms with Crippen LogP contribution in [0.4, 0.5) is 19.1 Å². The van der Waals surface area contributed by atoms with Gasteiger partial charge in [-0.2, -0.15) is 4.98 Å². The second-order valence-corrected chi connectivity index (χ2v) is 9.01. The van der Waals surface area contributed by atoms with Crippen molar-refractivity contribution in [3.8, 4) is 11.5 Å². The van der Waals surface area contributed by atoms with E-state index >= 15 is 0 Å². The first-order valence-electron chi connectivity index (χ1n) is 11.3. The van der Waals surface area contributed by atoms with E-state index in [1.807, 2.05) is 30.9 Å². The van der Waals surface area contributed by atoms with Crippen LogP contribution in [-0.4, -0.2) is 39.7 Å². The minimum absolute atomic E-state index is 0.0366. The molecule has 0 aliphatic rings. The highest BCUT2D eigenvalue weighted by atomic mass is 19.4. The van der Waals surface area contributed by atoms with E-state index < -0.39 is 17.9 Å². The Morgan fingerprint density at radius 3 is 2.06 bits per heavy atom. The summed E-state index contributed by atoms with van der Waals surface area (Å²) in [5, 5.41) is 13.3. The highest BCUT2D eigenvalue weighted by molar-refractivity contribution is 5.76. The fraction of sp³-hybridized carbons (Fsp3) is 0.400. The van der Waals surface area contributed by atoms with Crippen molar-refractivity contribution in [3.05, 3.63) is 65.5 Å². The molecule has 2 aromatic carbocycles. The number of aliphatic carboxylic acids is 1. The molecule has 0 saturated carbocycles. The number of hydrogen-bond acceptors (Lipinski definition) is 7. The van der Waals surface area contributed by atoms with Gasteiger partial charge in [-0.25, -0.2) is 4.79 Å². The summed E-state index contributed by atoms with van der Waals surface area (Å²) >= 11 is 0. The zero-order valence-electron chi connectivity index (χ0n) is 20.4. The van der Waals surface area contributed by atoms with Gasteiger partial charge in [-0.15, -0.1) is 13.2 Å². The molecule has 0 saturated heterocycles. The maximum absolute atomic E-state index is 12.5. The van der Waals surface area contributed by atoms with Gasteiger partial charge in [0, 0.05) is 19.0 Å². The summed E-state index contributed by atoms with van der Waals surface area (Å²) in [4.78, 5) is 17.6. The van der Waals surface area contributed by atoms with Gasteiger partial charge in [0.25, 0.3) is 5.95 Å². The van der Waals surface area contributed by atoms with Crippen LogP contribution in [0.1, 0.15) is 50.6 Å². The Labute approximate surface area is 206 Å². The molecule has 0 amide bonds. The molecule has 0 radical (unpaired) electrons. The van der Waals surface area contributed by atoms with Crippen LogP contribution in [0.2, 0.25) is 0 Å². The van der Waals surface area contributed by atoms with Gasteiger partial charge >= 0.3 is 12.3 Å². The van der Waals surface area contributed by atoms with Gasteiger partial charge in [-0.05, 0) is 60.8 Å². The molecule has 3 aromatic rings. The molecular formula is C25H28F3N3O5. The number of rotatable bonds is 11. The number of carboxylic acids is 1. The lowest BCUT2D eigenvalue weighted by molar-refractivity contribution is -0.274. The lowest BCUT2D eigenvalue weighted by Crippen LogP contribution is -2.37. The van der Waals surface area contributed by atoms with Gasteiger partial charge in [0.1, 0.15) is 11.5 Å². The second-order valence-electron chi connectivity index (χ2n) is 9.01. The van der Waals surface area contributed by atoms with E-state index in [-0.39, 0.29) is 11.7 Å². The third-order valence-corrected chi connectivity index (χ3v) is 5.22. The Balaban J connectivity index is 1.72. The van der Waals surface area contributed by atoms with Crippen LogP contribution in [0.5, 0.6) is 11.5 Å². The molecule has 0 aliphatic heterocycles. The van der Waals surface area contributed by atoms with Gasteiger partial charge in [0.15, 0.2) is 5.60 Å². The standard InChI is InChI=1S/C25H28F3N3O5/c1-16(2)21-29-23(30-36-21)31(15-18-7-11-20(12-8-18)35-25(26,27)28)14-13-17-5-9-19(10-6-17)34-24(3,4)22(32)33/h5-12,16H,13-15H2,1-4H3,(H,32,33). The van der Waals surface area contributed by atoms with Crippen molar-refractivity contribution in [3.63, 3.8) is 0 Å². The van der Waals surface area contributed by atoms with Gasteiger partial charge in [0.2, 0.25) is 5.89 Å². The predicted molar refractivity (Wildman–Crippen MR) is 125 cm³/mol. The molecule has 1 heterocycles. The molecule has 0 spiro atoms. The summed E-state index contributed by atoms with van der Waals surface area (Å²) in [6.07, 6.45) is -4.17.